The number of ether oxygens (including phenoxy) is 1. The van der Waals surface area contributed by atoms with Crippen LogP contribution in [-0.2, 0) is 9.53 Å². The summed E-state index contributed by atoms with van der Waals surface area (Å²) in [5.74, 6) is -0.983. The minimum Gasteiger partial charge on any atom is -0.465 e. The van der Waals surface area contributed by atoms with Gasteiger partial charge >= 0.3 is 5.97 Å². The predicted molar refractivity (Wildman–Crippen MR) is 144 cm³/mol. The van der Waals surface area contributed by atoms with Crippen molar-refractivity contribution < 1.29 is 14.6 Å². The topological polar surface area (TPSA) is 71.2 Å². The minimum atomic E-state index is -1.02. The minimum absolute atomic E-state index is 0.219. The summed E-state index contributed by atoms with van der Waals surface area (Å²) in [5, 5.41) is 20.6. The van der Waals surface area contributed by atoms with Crippen LogP contribution < -0.4 is 0 Å². The van der Waals surface area contributed by atoms with Gasteiger partial charge in [-0.1, -0.05) is 105 Å². The standard InChI is InChI=1S/C31H34N2O3/c1-22(2)21-36-30(34)28-26(23-13-7-4-8-14-23)19-31(3,35)20-27(28)32-33-29(24-15-9-5-10-16-24)25-17-11-6-12-18-25/h4-18,22,26,28,35H,19-21H2,1-3H3/b32-27-/t26-,28-,31-/m0/s1. The van der Waals surface area contributed by atoms with Crippen LogP contribution in [0.2, 0.25) is 0 Å². The number of carbonyl (C=O) groups excluding carboxylic acids is 1. The van der Waals surface area contributed by atoms with Gasteiger partial charge in [-0.15, -0.1) is 5.10 Å². The molecule has 1 aliphatic rings. The van der Waals surface area contributed by atoms with Crippen LogP contribution in [0.3, 0.4) is 0 Å². The Morgan fingerprint density at radius 1 is 0.944 bits per heavy atom. The van der Waals surface area contributed by atoms with Crippen molar-refractivity contribution in [2.45, 2.75) is 45.1 Å². The predicted octanol–water partition coefficient (Wildman–Crippen LogP) is 6.02. The lowest BCUT2D eigenvalue weighted by molar-refractivity contribution is -0.149. The van der Waals surface area contributed by atoms with Gasteiger partial charge in [-0.05, 0) is 24.8 Å². The molecule has 0 heterocycles. The van der Waals surface area contributed by atoms with Gasteiger partial charge in [-0.2, -0.15) is 5.10 Å². The number of rotatable bonds is 7. The van der Waals surface area contributed by atoms with Gasteiger partial charge in [0.05, 0.1) is 17.9 Å². The smallest absolute Gasteiger partial charge is 0.315 e. The third-order valence-electron chi connectivity index (χ3n) is 6.40. The molecule has 5 nitrogen and oxygen atoms in total. The zero-order valence-electron chi connectivity index (χ0n) is 21.2. The molecule has 0 saturated heterocycles. The molecule has 0 amide bonds. The van der Waals surface area contributed by atoms with Crippen molar-refractivity contribution in [3.63, 3.8) is 0 Å². The molecule has 0 unspecified atom stereocenters. The first-order chi connectivity index (χ1) is 17.3. The van der Waals surface area contributed by atoms with Gasteiger partial charge in [0.1, 0.15) is 11.6 Å². The van der Waals surface area contributed by atoms with Crippen molar-refractivity contribution in [1.82, 2.24) is 0 Å². The zero-order valence-corrected chi connectivity index (χ0v) is 21.2. The van der Waals surface area contributed by atoms with E-state index in [9.17, 15) is 9.90 Å². The second-order valence-corrected chi connectivity index (χ2v) is 10.2. The molecule has 3 aromatic carbocycles. The monoisotopic (exact) mass is 482 g/mol. The molecule has 5 heteroatoms. The molecule has 1 aliphatic carbocycles. The summed E-state index contributed by atoms with van der Waals surface area (Å²) < 4.78 is 5.72. The summed E-state index contributed by atoms with van der Waals surface area (Å²) in [6.07, 6.45) is 0.684. The van der Waals surface area contributed by atoms with E-state index in [1.165, 1.54) is 0 Å². The van der Waals surface area contributed by atoms with Crippen molar-refractivity contribution in [2.24, 2.45) is 22.0 Å². The van der Waals surface area contributed by atoms with Crippen molar-refractivity contribution in [2.75, 3.05) is 6.61 Å². The van der Waals surface area contributed by atoms with Crippen LogP contribution in [0.1, 0.15) is 56.2 Å². The van der Waals surface area contributed by atoms with Crippen LogP contribution in [-0.4, -0.2) is 34.7 Å². The number of nitrogens with zero attached hydrogens (tertiary/aromatic N) is 2. The zero-order chi connectivity index (χ0) is 25.5. The van der Waals surface area contributed by atoms with Crippen LogP contribution in [0, 0.1) is 11.8 Å². The van der Waals surface area contributed by atoms with Gasteiger partial charge in [0.15, 0.2) is 0 Å². The highest BCUT2D eigenvalue weighted by Gasteiger charge is 2.45. The van der Waals surface area contributed by atoms with Crippen LogP contribution in [0.4, 0.5) is 0 Å². The lowest BCUT2D eigenvalue weighted by atomic mass is 9.68. The van der Waals surface area contributed by atoms with Crippen LogP contribution >= 0.6 is 0 Å². The number of hydrogen-bond donors (Lipinski definition) is 1. The number of benzene rings is 3. The van der Waals surface area contributed by atoms with Crippen molar-refractivity contribution in [3.05, 3.63) is 108 Å². The molecule has 0 aliphatic heterocycles. The van der Waals surface area contributed by atoms with E-state index in [1.807, 2.05) is 105 Å². The second-order valence-electron chi connectivity index (χ2n) is 10.2. The molecule has 36 heavy (non-hydrogen) atoms. The quantitative estimate of drug-likeness (QED) is 0.254. The summed E-state index contributed by atoms with van der Waals surface area (Å²) in [6.45, 7) is 6.16. The average Bonchev–Trinajstić information content (AvgIpc) is 2.88. The van der Waals surface area contributed by atoms with Gasteiger partial charge in [0.2, 0.25) is 0 Å². The summed E-state index contributed by atoms with van der Waals surface area (Å²) in [6, 6.07) is 29.6. The number of aliphatic hydroxyl groups is 1. The molecule has 0 bridgehead atoms. The van der Waals surface area contributed by atoms with Gasteiger partial charge < -0.3 is 9.84 Å². The van der Waals surface area contributed by atoms with E-state index in [4.69, 9.17) is 9.84 Å². The number of hydrogen-bond acceptors (Lipinski definition) is 5. The fourth-order valence-electron chi connectivity index (χ4n) is 4.73. The van der Waals surface area contributed by atoms with E-state index >= 15 is 0 Å². The molecule has 0 aromatic heterocycles. The van der Waals surface area contributed by atoms with E-state index in [0.717, 1.165) is 16.7 Å². The molecular weight excluding hydrogens is 448 g/mol. The Morgan fingerprint density at radius 2 is 1.47 bits per heavy atom. The fourth-order valence-corrected chi connectivity index (χ4v) is 4.73. The van der Waals surface area contributed by atoms with E-state index < -0.39 is 11.5 Å². The number of esters is 1. The fraction of sp³-hybridized carbons (Fsp3) is 0.323. The molecule has 0 spiro atoms. The maximum atomic E-state index is 13.5. The maximum Gasteiger partial charge on any atom is 0.315 e. The largest absolute Gasteiger partial charge is 0.465 e. The van der Waals surface area contributed by atoms with Gasteiger partial charge in [-0.25, -0.2) is 0 Å². The molecule has 1 fully saturated rings. The molecule has 186 valence electrons. The van der Waals surface area contributed by atoms with Crippen molar-refractivity contribution in [3.8, 4) is 0 Å². The highest BCUT2D eigenvalue weighted by atomic mass is 16.5. The number of carbonyl (C=O) groups is 1. The molecule has 4 rings (SSSR count). The molecule has 1 saturated carbocycles. The molecule has 0 radical (unpaired) electrons. The van der Waals surface area contributed by atoms with Gasteiger partial charge in [-0.3, -0.25) is 4.79 Å². The van der Waals surface area contributed by atoms with Crippen LogP contribution in [0.15, 0.2) is 101 Å². The first kappa shape index (κ1) is 25.5. The lowest BCUT2D eigenvalue weighted by Gasteiger charge is -2.39. The Kier molecular flexibility index (Phi) is 8.11. The third kappa shape index (κ3) is 6.35. The summed E-state index contributed by atoms with van der Waals surface area (Å²) >= 11 is 0. The van der Waals surface area contributed by atoms with Crippen molar-refractivity contribution >= 4 is 17.4 Å². The second kappa shape index (κ2) is 11.4. The van der Waals surface area contributed by atoms with E-state index in [1.54, 1.807) is 6.92 Å². The Bertz CT molecular complexity index is 1160. The van der Waals surface area contributed by atoms with E-state index in [0.29, 0.717) is 24.5 Å². The van der Waals surface area contributed by atoms with E-state index in [-0.39, 0.29) is 24.2 Å². The SMILES string of the molecule is CC(C)COC(=O)[C@@H]1/C(=N\N=C(c2ccccc2)c2ccccc2)C[C@@](C)(O)C[C@H]1c1ccccc1. The van der Waals surface area contributed by atoms with Gasteiger partial charge in [0.25, 0.3) is 0 Å². The molecule has 3 aromatic rings. The average molecular weight is 483 g/mol. The van der Waals surface area contributed by atoms with Gasteiger partial charge in [0, 0.05) is 23.5 Å². The van der Waals surface area contributed by atoms with Crippen LogP contribution in [0.5, 0.6) is 0 Å². The first-order valence-electron chi connectivity index (χ1n) is 12.5. The molecule has 3 atom stereocenters. The Labute approximate surface area is 213 Å². The highest BCUT2D eigenvalue weighted by molar-refractivity contribution is 6.13. The summed E-state index contributed by atoms with van der Waals surface area (Å²) in [5.41, 5.74) is 3.05. The Hall–Kier alpha value is -3.57. The Morgan fingerprint density at radius 3 is 2.00 bits per heavy atom. The third-order valence-corrected chi connectivity index (χ3v) is 6.40. The lowest BCUT2D eigenvalue weighted by Crippen LogP contribution is -2.45. The first-order valence-corrected chi connectivity index (χ1v) is 12.5. The summed E-state index contributed by atoms with van der Waals surface area (Å²) in [4.78, 5) is 13.5. The molecular formula is C31H34N2O3. The maximum absolute atomic E-state index is 13.5. The normalized spacial score (nSPS) is 22.9. The molecule has 1 N–H and O–H groups in total. The van der Waals surface area contributed by atoms with Crippen LogP contribution in [0.25, 0.3) is 0 Å². The Balaban J connectivity index is 1.81. The van der Waals surface area contributed by atoms with E-state index in [2.05, 4.69) is 5.10 Å². The summed E-state index contributed by atoms with van der Waals surface area (Å²) in [7, 11) is 0. The highest BCUT2D eigenvalue weighted by Crippen LogP contribution is 2.42. The van der Waals surface area contributed by atoms with Crippen molar-refractivity contribution in [1.29, 1.82) is 0 Å².